The van der Waals surface area contributed by atoms with Crippen LogP contribution in [0.15, 0.2) is 60.7 Å². The van der Waals surface area contributed by atoms with Crippen molar-refractivity contribution in [3.63, 3.8) is 0 Å². The van der Waals surface area contributed by atoms with Crippen LogP contribution in [0.25, 0.3) is 21.9 Å². The Hall–Kier alpha value is -2.28. The van der Waals surface area contributed by atoms with Crippen LogP contribution in [0.2, 0.25) is 0 Å². The summed E-state index contributed by atoms with van der Waals surface area (Å²) in [6.07, 6.45) is 5.06. The molecule has 0 saturated heterocycles. The minimum Gasteiger partial charge on any atom is -0.494 e. The van der Waals surface area contributed by atoms with E-state index in [0.29, 0.717) is 6.61 Å². The zero-order valence-electron chi connectivity index (χ0n) is 14.7. The van der Waals surface area contributed by atoms with E-state index in [2.05, 4.69) is 55.5 Å². The second-order valence-corrected chi connectivity index (χ2v) is 6.31. The largest absolute Gasteiger partial charge is 0.494 e. The molecule has 0 aliphatic heterocycles. The van der Waals surface area contributed by atoms with E-state index in [1.807, 2.05) is 19.1 Å². The third kappa shape index (κ3) is 3.97. The Balaban J connectivity index is 1.81. The van der Waals surface area contributed by atoms with Gasteiger partial charge in [0.15, 0.2) is 0 Å². The van der Waals surface area contributed by atoms with Crippen LogP contribution in [0.1, 0.15) is 38.7 Å². The summed E-state index contributed by atoms with van der Waals surface area (Å²) in [5.74, 6) is 0.929. The second-order valence-electron chi connectivity index (χ2n) is 6.31. The Morgan fingerprint density at radius 2 is 1.42 bits per heavy atom. The zero-order valence-corrected chi connectivity index (χ0v) is 14.7. The lowest BCUT2D eigenvalue weighted by molar-refractivity contribution is 0.340. The van der Waals surface area contributed by atoms with Crippen LogP contribution in [-0.4, -0.2) is 6.61 Å². The van der Waals surface area contributed by atoms with Crippen LogP contribution in [0.4, 0.5) is 0 Å². The minimum absolute atomic E-state index is 0.704. The predicted octanol–water partition coefficient (Wildman–Crippen LogP) is 6.64. The fourth-order valence-corrected chi connectivity index (χ4v) is 3.12. The maximum Gasteiger partial charge on any atom is 0.119 e. The Kier molecular flexibility index (Phi) is 5.53. The lowest BCUT2D eigenvalue weighted by Crippen LogP contribution is -1.90. The van der Waals surface area contributed by atoms with Crippen molar-refractivity contribution in [2.75, 3.05) is 6.61 Å². The molecule has 1 nitrogen and oxygen atoms in total. The van der Waals surface area contributed by atoms with E-state index >= 15 is 0 Å². The molecule has 3 aromatic carbocycles. The van der Waals surface area contributed by atoms with E-state index in [1.165, 1.54) is 53.1 Å². The van der Waals surface area contributed by atoms with Crippen molar-refractivity contribution < 1.29 is 4.74 Å². The van der Waals surface area contributed by atoms with Crippen molar-refractivity contribution >= 4 is 10.8 Å². The molecule has 0 aromatic heterocycles. The molecule has 0 unspecified atom stereocenters. The fourth-order valence-electron chi connectivity index (χ4n) is 3.12. The number of unbranched alkanes of at least 4 members (excludes halogenated alkanes) is 2. The summed E-state index contributed by atoms with van der Waals surface area (Å²) < 4.78 is 5.52. The van der Waals surface area contributed by atoms with E-state index in [9.17, 15) is 0 Å². The molecule has 24 heavy (non-hydrogen) atoms. The topological polar surface area (TPSA) is 9.23 Å². The number of benzene rings is 3. The summed E-state index contributed by atoms with van der Waals surface area (Å²) in [5.41, 5.74) is 3.93. The molecular weight excluding hydrogens is 292 g/mol. The van der Waals surface area contributed by atoms with Gasteiger partial charge in [-0.15, -0.1) is 0 Å². The predicted molar refractivity (Wildman–Crippen MR) is 104 cm³/mol. The Labute approximate surface area is 145 Å². The molecule has 0 heterocycles. The highest BCUT2D eigenvalue weighted by Crippen LogP contribution is 2.27. The van der Waals surface area contributed by atoms with E-state index < -0.39 is 0 Å². The van der Waals surface area contributed by atoms with Gasteiger partial charge in [-0.1, -0.05) is 62.2 Å². The normalized spacial score (nSPS) is 10.9. The molecule has 124 valence electrons. The van der Waals surface area contributed by atoms with Gasteiger partial charge in [0.1, 0.15) is 5.75 Å². The van der Waals surface area contributed by atoms with Crippen molar-refractivity contribution in [3.8, 4) is 16.9 Å². The summed E-state index contributed by atoms with van der Waals surface area (Å²) in [5, 5.41) is 2.64. The highest BCUT2D eigenvalue weighted by molar-refractivity contribution is 5.87. The van der Waals surface area contributed by atoms with E-state index in [0.717, 1.165) is 5.75 Å². The van der Waals surface area contributed by atoms with Crippen molar-refractivity contribution in [1.29, 1.82) is 0 Å². The molecule has 0 N–H and O–H groups in total. The molecule has 0 atom stereocenters. The first-order chi connectivity index (χ1) is 11.8. The molecule has 0 amide bonds. The zero-order chi connectivity index (χ0) is 16.8. The average Bonchev–Trinajstić information content (AvgIpc) is 2.62. The van der Waals surface area contributed by atoms with Crippen molar-refractivity contribution in [2.24, 2.45) is 0 Å². The van der Waals surface area contributed by atoms with Crippen molar-refractivity contribution in [1.82, 2.24) is 0 Å². The van der Waals surface area contributed by atoms with Gasteiger partial charge in [0.2, 0.25) is 0 Å². The van der Waals surface area contributed by atoms with Gasteiger partial charge in [-0.2, -0.15) is 0 Å². The first-order valence-electron chi connectivity index (χ1n) is 9.06. The number of ether oxygens (including phenoxy) is 1. The van der Waals surface area contributed by atoms with Crippen LogP contribution < -0.4 is 4.74 Å². The third-order valence-electron chi connectivity index (χ3n) is 4.47. The summed E-state index contributed by atoms with van der Waals surface area (Å²) in [7, 11) is 0. The molecule has 0 aliphatic carbocycles. The third-order valence-corrected chi connectivity index (χ3v) is 4.47. The Bertz CT molecular complexity index is 787. The molecule has 0 spiro atoms. The average molecular weight is 318 g/mol. The number of rotatable bonds is 7. The summed E-state index contributed by atoms with van der Waals surface area (Å²) in [6.45, 7) is 4.96. The highest BCUT2D eigenvalue weighted by atomic mass is 16.5. The SMILES string of the molecule is CCCCCc1ccc2cc(-c3ccc(OCC)cc3)ccc2c1. The van der Waals surface area contributed by atoms with E-state index in [-0.39, 0.29) is 0 Å². The first-order valence-corrected chi connectivity index (χ1v) is 9.06. The number of fused-ring (bicyclic) bond motifs is 1. The molecule has 3 aromatic rings. The van der Waals surface area contributed by atoms with Crippen LogP contribution in [0.3, 0.4) is 0 Å². The standard InChI is InChI=1S/C23H26O/c1-3-5-6-7-18-8-9-22-17-21(11-10-20(22)16-18)19-12-14-23(15-13-19)24-4-2/h8-17H,3-7H2,1-2H3. The lowest BCUT2D eigenvalue weighted by atomic mass is 9.98. The molecule has 3 rings (SSSR count). The van der Waals surface area contributed by atoms with Gasteiger partial charge in [-0.25, -0.2) is 0 Å². The number of aryl methyl sites for hydroxylation is 1. The number of hydrogen-bond acceptors (Lipinski definition) is 1. The van der Waals surface area contributed by atoms with Crippen LogP contribution in [0.5, 0.6) is 5.75 Å². The van der Waals surface area contributed by atoms with E-state index in [1.54, 1.807) is 0 Å². The van der Waals surface area contributed by atoms with E-state index in [4.69, 9.17) is 4.74 Å². The van der Waals surface area contributed by atoms with Crippen molar-refractivity contribution in [3.05, 3.63) is 66.2 Å². The van der Waals surface area contributed by atoms with Gasteiger partial charge in [-0.05, 0) is 65.4 Å². The summed E-state index contributed by atoms with van der Waals surface area (Å²) in [4.78, 5) is 0. The molecule has 1 heteroatoms. The van der Waals surface area contributed by atoms with Gasteiger partial charge < -0.3 is 4.74 Å². The molecule has 0 radical (unpaired) electrons. The maximum absolute atomic E-state index is 5.52. The molecule has 0 saturated carbocycles. The Morgan fingerprint density at radius 1 is 0.708 bits per heavy atom. The van der Waals surface area contributed by atoms with Gasteiger partial charge in [0.25, 0.3) is 0 Å². The number of hydrogen-bond donors (Lipinski definition) is 0. The second kappa shape index (κ2) is 8.01. The van der Waals surface area contributed by atoms with Crippen molar-refractivity contribution in [2.45, 2.75) is 39.5 Å². The lowest BCUT2D eigenvalue weighted by Gasteiger charge is -2.08. The van der Waals surface area contributed by atoms with Gasteiger partial charge >= 0.3 is 0 Å². The monoisotopic (exact) mass is 318 g/mol. The van der Waals surface area contributed by atoms with Gasteiger partial charge in [0.05, 0.1) is 6.61 Å². The highest BCUT2D eigenvalue weighted by Gasteiger charge is 2.02. The summed E-state index contributed by atoms with van der Waals surface area (Å²) in [6, 6.07) is 22.0. The van der Waals surface area contributed by atoms with Crippen LogP contribution >= 0.6 is 0 Å². The first kappa shape index (κ1) is 16.6. The van der Waals surface area contributed by atoms with Gasteiger partial charge in [-0.3, -0.25) is 0 Å². The molecule has 0 bridgehead atoms. The summed E-state index contributed by atoms with van der Waals surface area (Å²) >= 11 is 0. The quantitative estimate of drug-likeness (QED) is 0.444. The van der Waals surface area contributed by atoms with Gasteiger partial charge in [0, 0.05) is 0 Å². The van der Waals surface area contributed by atoms with Crippen LogP contribution in [0, 0.1) is 0 Å². The smallest absolute Gasteiger partial charge is 0.119 e. The maximum atomic E-state index is 5.52. The Morgan fingerprint density at radius 3 is 2.17 bits per heavy atom. The fraction of sp³-hybridized carbons (Fsp3) is 0.304. The molecular formula is C23H26O. The molecule has 0 aliphatic rings. The molecule has 0 fully saturated rings. The van der Waals surface area contributed by atoms with Crippen LogP contribution in [-0.2, 0) is 6.42 Å². The minimum atomic E-state index is 0.704.